The van der Waals surface area contributed by atoms with Crippen molar-refractivity contribution in [3.63, 3.8) is 0 Å². The highest BCUT2D eigenvalue weighted by molar-refractivity contribution is 5.43. The van der Waals surface area contributed by atoms with Gasteiger partial charge in [0.25, 0.3) is 0 Å². The van der Waals surface area contributed by atoms with Crippen molar-refractivity contribution in [2.75, 3.05) is 20.3 Å². The number of hydrogen-bond donors (Lipinski definition) is 0. The Morgan fingerprint density at radius 3 is 2.81 bits per heavy atom. The molecule has 0 spiro atoms. The Bertz CT molecular complexity index is 711. The highest BCUT2D eigenvalue weighted by Gasteiger charge is 2.29. The molecule has 1 aromatic carbocycles. The molecule has 0 amide bonds. The molecule has 0 bridgehead atoms. The van der Waals surface area contributed by atoms with E-state index in [2.05, 4.69) is 49.0 Å². The Balaban J connectivity index is 1.72. The molecule has 0 N–H and O–H groups in total. The summed E-state index contributed by atoms with van der Waals surface area (Å²) in [7, 11) is 1.69. The molecule has 1 fully saturated rings. The number of nitrogens with zero attached hydrogens (tertiary/aromatic N) is 2. The molecule has 1 saturated heterocycles. The van der Waals surface area contributed by atoms with Crippen LogP contribution < -0.4 is 9.47 Å². The lowest BCUT2D eigenvalue weighted by Gasteiger charge is -2.23. The van der Waals surface area contributed by atoms with E-state index in [4.69, 9.17) is 14.0 Å². The number of ether oxygens (including phenoxy) is 2. The molecule has 1 atom stereocenters. The van der Waals surface area contributed by atoms with E-state index in [0.717, 1.165) is 48.9 Å². The van der Waals surface area contributed by atoms with Gasteiger partial charge in [0.05, 0.1) is 25.5 Å². The van der Waals surface area contributed by atoms with E-state index in [1.165, 1.54) is 12.0 Å². The van der Waals surface area contributed by atoms with Gasteiger partial charge in [-0.05, 0) is 49.4 Å². The van der Waals surface area contributed by atoms with Crippen LogP contribution in [0.4, 0.5) is 0 Å². The van der Waals surface area contributed by atoms with Gasteiger partial charge in [0.2, 0.25) is 0 Å². The lowest BCUT2D eigenvalue weighted by atomic mass is 10.1. The van der Waals surface area contributed by atoms with E-state index >= 15 is 0 Å². The number of rotatable bonds is 8. The zero-order valence-corrected chi connectivity index (χ0v) is 16.3. The maximum Gasteiger partial charge on any atom is 0.161 e. The molecular weight excluding hydrogens is 328 g/mol. The highest BCUT2D eigenvalue weighted by atomic mass is 16.5. The highest BCUT2D eigenvalue weighted by Crippen LogP contribution is 2.35. The van der Waals surface area contributed by atoms with Gasteiger partial charge < -0.3 is 14.0 Å². The predicted molar refractivity (Wildman–Crippen MR) is 102 cm³/mol. The van der Waals surface area contributed by atoms with Crippen LogP contribution in [0.25, 0.3) is 0 Å². The molecule has 26 heavy (non-hydrogen) atoms. The predicted octanol–water partition coefficient (Wildman–Crippen LogP) is 4.93. The topological polar surface area (TPSA) is 47.7 Å². The average Bonchev–Trinajstić information content (AvgIpc) is 3.29. The van der Waals surface area contributed by atoms with Gasteiger partial charge in [0.15, 0.2) is 17.3 Å². The van der Waals surface area contributed by atoms with Gasteiger partial charge in [-0.2, -0.15) is 0 Å². The normalized spacial score (nSPS) is 17.8. The fourth-order valence-corrected chi connectivity index (χ4v) is 3.45. The van der Waals surface area contributed by atoms with E-state index < -0.39 is 0 Å². The lowest BCUT2D eigenvalue weighted by Crippen LogP contribution is -2.22. The van der Waals surface area contributed by atoms with Crippen molar-refractivity contribution in [3.05, 3.63) is 41.3 Å². The number of aromatic nitrogens is 1. The van der Waals surface area contributed by atoms with Crippen molar-refractivity contribution in [1.29, 1.82) is 0 Å². The third-order valence-electron chi connectivity index (χ3n) is 4.91. The van der Waals surface area contributed by atoms with Crippen LogP contribution >= 0.6 is 0 Å². The monoisotopic (exact) mass is 358 g/mol. The van der Waals surface area contributed by atoms with Gasteiger partial charge in [-0.3, -0.25) is 4.90 Å². The summed E-state index contributed by atoms with van der Waals surface area (Å²) in [5.41, 5.74) is 2.26. The van der Waals surface area contributed by atoms with Crippen LogP contribution in [0.15, 0.2) is 28.8 Å². The molecule has 5 nitrogen and oxygen atoms in total. The second-order valence-electron chi connectivity index (χ2n) is 7.27. The number of likely N-dealkylation sites (tertiary alicyclic amines) is 1. The van der Waals surface area contributed by atoms with E-state index in [9.17, 15) is 0 Å². The van der Waals surface area contributed by atoms with Crippen LogP contribution in [-0.4, -0.2) is 30.3 Å². The summed E-state index contributed by atoms with van der Waals surface area (Å²) in [5, 5.41) is 4.23. The first-order valence-electron chi connectivity index (χ1n) is 9.62. The van der Waals surface area contributed by atoms with Crippen molar-refractivity contribution in [3.8, 4) is 11.5 Å². The van der Waals surface area contributed by atoms with Gasteiger partial charge in [0, 0.05) is 12.6 Å². The maximum atomic E-state index is 5.76. The van der Waals surface area contributed by atoms with Crippen molar-refractivity contribution in [2.24, 2.45) is 0 Å². The Kier molecular flexibility index (Phi) is 6.20. The molecule has 1 aliphatic heterocycles. The first-order chi connectivity index (χ1) is 12.6. The first-order valence-corrected chi connectivity index (χ1v) is 9.62. The van der Waals surface area contributed by atoms with Crippen LogP contribution in [0.3, 0.4) is 0 Å². The third-order valence-corrected chi connectivity index (χ3v) is 4.91. The molecule has 142 valence electrons. The minimum atomic E-state index is 0.303. The summed E-state index contributed by atoms with van der Waals surface area (Å²) < 4.78 is 16.9. The van der Waals surface area contributed by atoms with E-state index in [1.807, 2.05) is 6.07 Å². The van der Waals surface area contributed by atoms with Crippen molar-refractivity contribution >= 4 is 0 Å². The Morgan fingerprint density at radius 2 is 2.12 bits per heavy atom. The largest absolute Gasteiger partial charge is 0.493 e. The van der Waals surface area contributed by atoms with E-state index in [1.54, 1.807) is 7.11 Å². The quantitative estimate of drug-likeness (QED) is 0.669. The van der Waals surface area contributed by atoms with Crippen LogP contribution in [0.1, 0.15) is 69.0 Å². The second-order valence-corrected chi connectivity index (χ2v) is 7.27. The number of benzene rings is 1. The fraction of sp³-hybridized carbons (Fsp3) is 0.571. The summed E-state index contributed by atoms with van der Waals surface area (Å²) >= 11 is 0. The molecule has 3 rings (SSSR count). The SMILES string of the molecule is CCCOc1ccc(CN2CCCC2c2cc(C(C)C)no2)cc1OC. The minimum Gasteiger partial charge on any atom is -0.493 e. The van der Waals surface area contributed by atoms with Crippen LogP contribution in [0, 0.1) is 0 Å². The lowest BCUT2D eigenvalue weighted by molar-refractivity contribution is 0.206. The zero-order chi connectivity index (χ0) is 18.5. The molecule has 1 aromatic heterocycles. The molecule has 0 aliphatic carbocycles. The van der Waals surface area contributed by atoms with Crippen molar-refractivity contribution in [2.45, 2.75) is 58.5 Å². The van der Waals surface area contributed by atoms with Gasteiger partial charge in [-0.1, -0.05) is 32.0 Å². The summed E-state index contributed by atoms with van der Waals surface area (Å²) in [6.45, 7) is 9.02. The maximum absolute atomic E-state index is 5.76. The van der Waals surface area contributed by atoms with Gasteiger partial charge in [0.1, 0.15) is 0 Å². The smallest absolute Gasteiger partial charge is 0.161 e. The standard InChI is InChI=1S/C21H30N2O3/c1-5-11-25-19-9-8-16(12-21(19)24-4)14-23-10-6-7-18(23)20-13-17(15(2)3)22-26-20/h8-9,12-13,15,18H,5-7,10-11,14H2,1-4H3. The molecule has 1 aliphatic rings. The molecule has 5 heteroatoms. The van der Waals surface area contributed by atoms with Crippen LogP contribution in [0.5, 0.6) is 11.5 Å². The van der Waals surface area contributed by atoms with Gasteiger partial charge >= 0.3 is 0 Å². The van der Waals surface area contributed by atoms with Crippen LogP contribution in [0.2, 0.25) is 0 Å². The van der Waals surface area contributed by atoms with Crippen molar-refractivity contribution in [1.82, 2.24) is 10.1 Å². The molecule has 0 radical (unpaired) electrons. The van der Waals surface area contributed by atoms with E-state index in [0.29, 0.717) is 18.6 Å². The second kappa shape index (κ2) is 8.58. The van der Waals surface area contributed by atoms with E-state index in [-0.39, 0.29) is 0 Å². The Labute approximate surface area is 156 Å². The third kappa shape index (κ3) is 4.21. The number of methoxy groups -OCH3 is 1. The Morgan fingerprint density at radius 1 is 1.27 bits per heavy atom. The summed E-state index contributed by atoms with van der Waals surface area (Å²) in [6, 6.07) is 8.65. The molecule has 2 heterocycles. The van der Waals surface area contributed by atoms with Gasteiger partial charge in [-0.25, -0.2) is 0 Å². The fourth-order valence-electron chi connectivity index (χ4n) is 3.45. The summed E-state index contributed by atoms with van der Waals surface area (Å²) in [4.78, 5) is 2.46. The summed E-state index contributed by atoms with van der Waals surface area (Å²) in [5.74, 6) is 2.99. The molecular formula is C21H30N2O3. The molecule has 2 aromatic rings. The Hall–Kier alpha value is -2.01. The molecule has 1 unspecified atom stereocenters. The first kappa shape index (κ1) is 18.8. The van der Waals surface area contributed by atoms with Crippen LogP contribution in [-0.2, 0) is 6.54 Å². The zero-order valence-electron chi connectivity index (χ0n) is 16.3. The van der Waals surface area contributed by atoms with Gasteiger partial charge in [-0.15, -0.1) is 0 Å². The summed E-state index contributed by atoms with van der Waals surface area (Å²) in [6.07, 6.45) is 3.27. The van der Waals surface area contributed by atoms with Crippen molar-refractivity contribution < 1.29 is 14.0 Å². The molecule has 0 saturated carbocycles. The average molecular weight is 358 g/mol. The minimum absolute atomic E-state index is 0.303. The number of hydrogen-bond acceptors (Lipinski definition) is 5.